The number of anilines is 1. The van der Waals surface area contributed by atoms with Crippen LogP contribution in [0.25, 0.3) is 6.08 Å². The zero-order chi connectivity index (χ0) is 24.2. The Morgan fingerprint density at radius 2 is 1.79 bits per heavy atom. The van der Waals surface area contributed by atoms with E-state index < -0.39 is 17.8 Å². The summed E-state index contributed by atoms with van der Waals surface area (Å²) in [7, 11) is 0. The number of amides is 4. The molecule has 1 aliphatic rings. The number of hydrogen-bond acceptors (Lipinski definition) is 4. The van der Waals surface area contributed by atoms with E-state index in [2.05, 4.69) is 5.32 Å². The van der Waals surface area contributed by atoms with Gasteiger partial charge in [-0.05, 0) is 66.4 Å². The largest absolute Gasteiger partial charge is 0.494 e. The van der Waals surface area contributed by atoms with Crippen molar-refractivity contribution in [1.29, 1.82) is 0 Å². The smallest absolute Gasteiger partial charge is 0.335 e. The summed E-state index contributed by atoms with van der Waals surface area (Å²) >= 11 is 0. The summed E-state index contributed by atoms with van der Waals surface area (Å²) in [5, 5.41) is 2.24. The summed E-state index contributed by atoms with van der Waals surface area (Å²) < 4.78 is 19.4. The predicted molar refractivity (Wildman–Crippen MR) is 127 cm³/mol. The molecule has 0 radical (unpaired) electrons. The molecule has 1 N–H and O–H groups in total. The summed E-state index contributed by atoms with van der Waals surface area (Å²) in [4.78, 5) is 39.1. The van der Waals surface area contributed by atoms with Crippen molar-refractivity contribution in [3.05, 3.63) is 100 Å². The Hall–Kier alpha value is -4.26. The Morgan fingerprint density at radius 1 is 1.00 bits per heavy atom. The highest BCUT2D eigenvalue weighted by atomic mass is 19.1. The number of hydrogen-bond donors (Lipinski definition) is 1. The van der Waals surface area contributed by atoms with Crippen LogP contribution in [-0.4, -0.2) is 24.5 Å². The molecular formula is C27H23FN2O4. The highest BCUT2D eigenvalue weighted by molar-refractivity contribution is 6.39. The lowest BCUT2D eigenvalue weighted by atomic mass is 10.0. The predicted octanol–water partition coefficient (Wildman–Crippen LogP) is 4.79. The van der Waals surface area contributed by atoms with Gasteiger partial charge in [-0.2, -0.15) is 0 Å². The number of benzene rings is 3. The highest BCUT2D eigenvalue weighted by Crippen LogP contribution is 2.28. The van der Waals surface area contributed by atoms with Crippen LogP contribution in [0.2, 0.25) is 0 Å². The number of aryl methyl sites for hydroxylation is 1. The molecule has 172 valence electrons. The number of carbonyl (C=O) groups excluding carboxylic acids is 3. The van der Waals surface area contributed by atoms with Gasteiger partial charge in [0.2, 0.25) is 0 Å². The molecule has 7 heteroatoms. The molecular weight excluding hydrogens is 435 g/mol. The van der Waals surface area contributed by atoms with Gasteiger partial charge in [0.05, 0.1) is 12.3 Å². The third kappa shape index (κ3) is 4.73. The Labute approximate surface area is 196 Å². The van der Waals surface area contributed by atoms with Gasteiger partial charge in [0.25, 0.3) is 11.8 Å². The number of para-hydroxylation sites is 1. The molecule has 1 aliphatic heterocycles. The molecule has 0 spiro atoms. The molecule has 6 nitrogen and oxygen atoms in total. The second kappa shape index (κ2) is 9.70. The minimum atomic E-state index is -0.790. The fraction of sp³-hybridized carbons (Fsp3) is 0.148. The van der Waals surface area contributed by atoms with E-state index in [1.807, 2.05) is 19.1 Å². The van der Waals surface area contributed by atoms with Crippen molar-refractivity contribution < 1.29 is 23.5 Å². The van der Waals surface area contributed by atoms with E-state index in [9.17, 15) is 18.8 Å². The molecule has 4 rings (SSSR count). The Bertz CT molecular complexity index is 1320. The minimum Gasteiger partial charge on any atom is -0.494 e. The van der Waals surface area contributed by atoms with Crippen LogP contribution in [0.5, 0.6) is 5.75 Å². The van der Waals surface area contributed by atoms with Gasteiger partial charge < -0.3 is 4.74 Å². The van der Waals surface area contributed by atoms with Crippen molar-refractivity contribution in [2.75, 3.05) is 11.5 Å². The van der Waals surface area contributed by atoms with Gasteiger partial charge in [0.1, 0.15) is 17.1 Å². The molecule has 1 heterocycles. The number of nitrogens with one attached hydrogen (secondary N) is 1. The first-order valence-corrected chi connectivity index (χ1v) is 10.8. The van der Waals surface area contributed by atoms with Gasteiger partial charge in [-0.3, -0.25) is 14.9 Å². The van der Waals surface area contributed by atoms with E-state index >= 15 is 0 Å². The van der Waals surface area contributed by atoms with Crippen LogP contribution >= 0.6 is 0 Å². The van der Waals surface area contributed by atoms with Crippen molar-refractivity contribution in [2.45, 2.75) is 20.3 Å². The maximum atomic E-state index is 13.6. The Balaban J connectivity index is 1.68. The monoisotopic (exact) mass is 458 g/mol. The van der Waals surface area contributed by atoms with Crippen LogP contribution in [0.15, 0.2) is 72.3 Å². The maximum Gasteiger partial charge on any atom is 0.335 e. The molecule has 0 aromatic heterocycles. The topological polar surface area (TPSA) is 75.7 Å². The Kier molecular flexibility index (Phi) is 6.54. The van der Waals surface area contributed by atoms with Gasteiger partial charge >= 0.3 is 6.03 Å². The summed E-state index contributed by atoms with van der Waals surface area (Å²) in [6.45, 7) is 4.04. The molecule has 0 atom stereocenters. The van der Waals surface area contributed by atoms with Crippen LogP contribution in [0.3, 0.4) is 0 Å². The van der Waals surface area contributed by atoms with Crippen molar-refractivity contribution in [1.82, 2.24) is 5.32 Å². The highest BCUT2D eigenvalue weighted by Gasteiger charge is 2.37. The van der Waals surface area contributed by atoms with Crippen LogP contribution < -0.4 is 15.0 Å². The van der Waals surface area contributed by atoms with Gasteiger partial charge in [0.15, 0.2) is 0 Å². The molecule has 0 bridgehead atoms. The van der Waals surface area contributed by atoms with E-state index in [0.717, 1.165) is 21.6 Å². The van der Waals surface area contributed by atoms with Crippen LogP contribution in [0, 0.1) is 12.7 Å². The first-order valence-electron chi connectivity index (χ1n) is 10.8. The average molecular weight is 458 g/mol. The minimum absolute atomic E-state index is 0.164. The zero-order valence-electron chi connectivity index (χ0n) is 18.8. The first kappa shape index (κ1) is 22.9. The Morgan fingerprint density at radius 3 is 2.53 bits per heavy atom. The quantitative estimate of drug-likeness (QED) is 0.426. The van der Waals surface area contributed by atoms with Gasteiger partial charge in [-0.25, -0.2) is 14.1 Å². The molecule has 1 saturated heterocycles. The van der Waals surface area contributed by atoms with Gasteiger partial charge in [0, 0.05) is 6.42 Å². The number of rotatable bonds is 6. The second-order valence-electron chi connectivity index (χ2n) is 7.85. The molecule has 3 aromatic carbocycles. The number of halogens is 1. The number of barbiturate groups is 1. The summed E-state index contributed by atoms with van der Waals surface area (Å²) in [5.41, 5.74) is 3.16. The average Bonchev–Trinajstić information content (AvgIpc) is 2.79. The standard InChI is InChI=1S/C27H23FN2O4/c1-3-34-24-16-19(11-12-20(24)13-18-8-6-9-21(28)14-18)15-22-25(31)29-27(33)30(26(22)32)23-10-5-4-7-17(23)2/h4-12,14-16H,3,13H2,1-2H3,(H,29,31,33)/b22-15+. The van der Waals surface area contributed by atoms with Crippen molar-refractivity contribution in [2.24, 2.45) is 0 Å². The lowest BCUT2D eigenvalue weighted by Crippen LogP contribution is -2.54. The maximum absolute atomic E-state index is 13.6. The van der Waals surface area contributed by atoms with Crippen LogP contribution in [0.1, 0.15) is 29.2 Å². The number of urea groups is 1. The first-order chi connectivity index (χ1) is 16.4. The van der Waals surface area contributed by atoms with E-state index in [-0.39, 0.29) is 11.4 Å². The number of ether oxygens (including phenoxy) is 1. The van der Waals surface area contributed by atoms with E-state index in [1.165, 1.54) is 18.2 Å². The van der Waals surface area contributed by atoms with E-state index in [4.69, 9.17) is 4.74 Å². The fourth-order valence-electron chi connectivity index (χ4n) is 3.82. The van der Waals surface area contributed by atoms with Crippen molar-refractivity contribution in [3.63, 3.8) is 0 Å². The third-order valence-electron chi connectivity index (χ3n) is 5.44. The fourth-order valence-corrected chi connectivity index (χ4v) is 3.82. The van der Waals surface area contributed by atoms with Crippen LogP contribution in [-0.2, 0) is 16.0 Å². The second-order valence-corrected chi connectivity index (χ2v) is 7.85. The van der Waals surface area contributed by atoms with Crippen LogP contribution in [0.4, 0.5) is 14.9 Å². The summed E-state index contributed by atoms with van der Waals surface area (Å²) in [5.74, 6) is -1.21. The zero-order valence-corrected chi connectivity index (χ0v) is 18.8. The van der Waals surface area contributed by atoms with Gasteiger partial charge in [-0.15, -0.1) is 0 Å². The van der Waals surface area contributed by atoms with Crippen molar-refractivity contribution >= 4 is 29.6 Å². The third-order valence-corrected chi connectivity index (χ3v) is 5.44. The van der Waals surface area contributed by atoms with E-state index in [1.54, 1.807) is 49.4 Å². The molecule has 0 saturated carbocycles. The van der Waals surface area contributed by atoms with Gasteiger partial charge in [-0.1, -0.05) is 42.5 Å². The van der Waals surface area contributed by atoms with E-state index in [0.29, 0.717) is 30.0 Å². The molecule has 3 aromatic rings. The summed E-state index contributed by atoms with van der Waals surface area (Å²) in [6.07, 6.45) is 1.89. The number of imide groups is 2. The SMILES string of the molecule is CCOc1cc(/C=C2\C(=O)NC(=O)N(c3ccccc3C)C2=O)ccc1Cc1cccc(F)c1. The molecule has 34 heavy (non-hydrogen) atoms. The molecule has 0 unspecified atom stereocenters. The molecule has 4 amide bonds. The van der Waals surface area contributed by atoms with Crippen molar-refractivity contribution in [3.8, 4) is 5.75 Å². The lowest BCUT2D eigenvalue weighted by Gasteiger charge is -2.27. The lowest BCUT2D eigenvalue weighted by molar-refractivity contribution is -0.122. The number of carbonyl (C=O) groups is 3. The molecule has 0 aliphatic carbocycles. The normalized spacial score (nSPS) is 15.0. The number of nitrogens with zero attached hydrogens (tertiary/aromatic N) is 1. The summed E-state index contributed by atoms with van der Waals surface area (Å²) in [6, 6.07) is 17.8. The molecule has 1 fully saturated rings.